The molecule has 3 N–H and O–H groups in total. The molecule has 1 aliphatic rings. The van der Waals surface area contributed by atoms with Gasteiger partial charge in [-0.3, -0.25) is 9.59 Å². The summed E-state index contributed by atoms with van der Waals surface area (Å²) in [6, 6.07) is 10.0. The lowest BCUT2D eigenvalue weighted by molar-refractivity contribution is -0.139. The number of amides is 2. The van der Waals surface area contributed by atoms with E-state index in [1.165, 1.54) is 30.3 Å². The summed E-state index contributed by atoms with van der Waals surface area (Å²) in [4.78, 5) is 22.8. The van der Waals surface area contributed by atoms with Gasteiger partial charge in [0.1, 0.15) is 0 Å². The van der Waals surface area contributed by atoms with Gasteiger partial charge in [0.15, 0.2) is 0 Å². The second-order valence-electron chi connectivity index (χ2n) is 7.10. The van der Waals surface area contributed by atoms with Crippen molar-refractivity contribution < 1.29 is 31.2 Å². The molecular weight excluding hydrogens is 435 g/mol. The quantitative estimate of drug-likeness (QED) is 0.723. The minimum atomic E-state index is -4.80. The van der Waals surface area contributed by atoms with Crippen LogP contribution < -0.4 is 11.1 Å². The standard InChI is InChI=1S/C20H20F3N3O4S/c21-20(22,23)16-3-1-2-4-17(16)31(29,30)26-11-9-14(10-12-26)19(28)25-15-7-5-13(6-8-15)18(24)27/h1-8,14H,9-12H2,(H2,24,27)(H,25,28). The molecule has 0 unspecified atom stereocenters. The van der Waals surface area contributed by atoms with Crippen LogP contribution in [-0.4, -0.2) is 37.6 Å². The lowest BCUT2D eigenvalue weighted by atomic mass is 9.97. The molecule has 166 valence electrons. The first-order valence-electron chi connectivity index (χ1n) is 9.37. The molecule has 7 nitrogen and oxygen atoms in total. The third kappa shape index (κ3) is 5.05. The molecule has 0 aromatic heterocycles. The number of hydrogen-bond acceptors (Lipinski definition) is 4. The van der Waals surface area contributed by atoms with Gasteiger partial charge >= 0.3 is 6.18 Å². The van der Waals surface area contributed by atoms with Gasteiger partial charge in [-0.15, -0.1) is 0 Å². The highest BCUT2D eigenvalue weighted by atomic mass is 32.2. The third-order valence-electron chi connectivity index (χ3n) is 5.07. The van der Waals surface area contributed by atoms with E-state index in [-0.39, 0.29) is 37.4 Å². The second-order valence-corrected chi connectivity index (χ2v) is 9.01. The lowest BCUT2D eigenvalue weighted by Gasteiger charge is -2.31. The Bertz CT molecular complexity index is 1080. The Morgan fingerprint density at radius 1 is 1.00 bits per heavy atom. The number of carbonyl (C=O) groups is 2. The first-order valence-corrected chi connectivity index (χ1v) is 10.8. The average Bonchev–Trinajstić information content (AvgIpc) is 2.73. The van der Waals surface area contributed by atoms with E-state index in [4.69, 9.17) is 5.73 Å². The number of sulfonamides is 1. The van der Waals surface area contributed by atoms with Crippen LogP contribution in [0.4, 0.5) is 18.9 Å². The van der Waals surface area contributed by atoms with E-state index in [9.17, 15) is 31.2 Å². The summed E-state index contributed by atoms with van der Waals surface area (Å²) in [6.45, 7) is -0.152. The third-order valence-corrected chi connectivity index (χ3v) is 7.03. The molecule has 0 spiro atoms. The van der Waals surface area contributed by atoms with Crippen molar-refractivity contribution in [3.05, 3.63) is 59.7 Å². The van der Waals surface area contributed by atoms with Crippen LogP contribution in [0.3, 0.4) is 0 Å². The van der Waals surface area contributed by atoms with E-state index in [0.29, 0.717) is 5.69 Å². The second kappa shape index (κ2) is 8.67. The molecule has 2 aromatic carbocycles. The molecule has 0 aliphatic carbocycles. The molecule has 31 heavy (non-hydrogen) atoms. The molecule has 1 fully saturated rings. The number of anilines is 1. The number of piperidine rings is 1. The van der Waals surface area contributed by atoms with E-state index < -0.39 is 38.5 Å². The highest BCUT2D eigenvalue weighted by Gasteiger charge is 2.40. The fourth-order valence-electron chi connectivity index (χ4n) is 3.39. The molecule has 2 amide bonds. The van der Waals surface area contributed by atoms with Gasteiger partial charge in [0.25, 0.3) is 0 Å². The topological polar surface area (TPSA) is 110 Å². The fourth-order valence-corrected chi connectivity index (χ4v) is 5.07. The first-order chi connectivity index (χ1) is 14.5. The number of nitrogens with zero attached hydrogens (tertiary/aromatic N) is 1. The van der Waals surface area contributed by atoms with Crippen LogP contribution in [0.25, 0.3) is 0 Å². The molecule has 3 rings (SSSR count). The maximum absolute atomic E-state index is 13.2. The summed E-state index contributed by atoms with van der Waals surface area (Å²) < 4.78 is 66.3. The van der Waals surface area contributed by atoms with Crippen LogP contribution in [0.15, 0.2) is 53.4 Å². The van der Waals surface area contributed by atoms with Crippen LogP contribution in [-0.2, 0) is 21.0 Å². The van der Waals surface area contributed by atoms with Crippen LogP contribution in [0.5, 0.6) is 0 Å². The Balaban J connectivity index is 1.66. The van der Waals surface area contributed by atoms with E-state index in [2.05, 4.69) is 5.32 Å². The van der Waals surface area contributed by atoms with Gasteiger partial charge in [-0.05, 0) is 49.2 Å². The molecular formula is C20H20F3N3O4S. The Kier molecular flexibility index (Phi) is 6.37. The fraction of sp³-hybridized carbons (Fsp3) is 0.300. The number of nitrogens with two attached hydrogens (primary N) is 1. The first kappa shape index (κ1) is 22.8. The van der Waals surface area contributed by atoms with E-state index in [1.807, 2.05) is 0 Å². The molecule has 0 radical (unpaired) electrons. The lowest BCUT2D eigenvalue weighted by Crippen LogP contribution is -2.41. The number of rotatable bonds is 5. The van der Waals surface area contributed by atoms with Crippen molar-refractivity contribution in [3.8, 4) is 0 Å². The van der Waals surface area contributed by atoms with E-state index in [1.54, 1.807) is 0 Å². The molecule has 11 heteroatoms. The van der Waals surface area contributed by atoms with Gasteiger partial charge in [-0.1, -0.05) is 12.1 Å². The van der Waals surface area contributed by atoms with Crippen molar-refractivity contribution >= 4 is 27.5 Å². The summed E-state index contributed by atoms with van der Waals surface area (Å²) in [5.74, 6) is -1.43. The minimum Gasteiger partial charge on any atom is -0.366 e. The summed E-state index contributed by atoms with van der Waals surface area (Å²) in [6.07, 6.45) is -4.47. The molecule has 0 saturated carbocycles. The zero-order valence-corrected chi connectivity index (χ0v) is 17.0. The zero-order valence-electron chi connectivity index (χ0n) is 16.2. The molecule has 0 bridgehead atoms. The van der Waals surface area contributed by atoms with Crippen molar-refractivity contribution in [1.82, 2.24) is 4.31 Å². The highest BCUT2D eigenvalue weighted by Crippen LogP contribution is 2.36. The van der Waals surface area contributed by atoms with Crippen LogP contribution >= 0.6 is 0 Å². The smallest absolute Gasteiger partial charge is 0.366 e. The zero-order chi connectivity index (χ0) is 22.8. The van der Waals surface area contributed by atoms with Crippen molar-refractivity contribution in [2.24, 2.45) is 11.7 Å². The minimum absolute atomic E-state index is 0.0762. The summed E-state index contributed by atoms with van der Waals surface area (Å²) in [7, 11) is -4.36. The van der Waals surface area contributed by atoms with Gasteiger partial charge in [0, 0.05) is 30.3 Å². The Morgan fingerprint density at radius 3 is 2.13 bits per heavy atom. The van der Waals surface area contributed by atoms with E-state index >= 15 is 0 Å². The highest BCUT2D eigenvalue weighted by molar-refractivity contribution is 7.89. The number of halogens is 3. The number of nitrogens with one attached hydrogen (secondary N) is 1. The molecule has 1 heterocycles. The predicted molar refractivity (Wildman–Crippen MR) is 107 cm³/mol. The molecule has 2 aromatic rings. The van der Waals surface area contributed by atoms with Crippen molar-refractivity contribution in [3.63, 3.8) is 0 Å². The summed E-state index contributed by atoms with van der Waals surface area (Å²) in [5.41, 5.74) is 4.69. The van der Waals surface area contributed by atoms with Gasteiger partial charge in [-0.2, -0.15) is 17.5 Å². The van der Waals surface area contributed by atoms with Crippen LogP contribution in [0.2, 0.25) is 0 Å². The van der Waals surface area contributed by atoms with Gasteiger partial charge in [0.2, 0.25) is 21.8 Å². The van der Waals surface area contributed by atoms with Crippen molar-refractivity contribution in [1.29, 1.82) is 0 Å². The molecule has 0 atom stereocenters. The largest absolute Gasteiger partial charge is 0.417 e. The number of primary amides is 1. The molecule has 1 saturated heterocycles. The van der Waals surface area contributed by atoms with E-state index in [0.717, 1.165) is 22.5 Å². The number of carbonyl (C=O) groups excluding carboxylic acids is 2. The summed E-state index contributed by atoms with van der Waals surface area (Å²) >= 11 is 0. The number of hydrogen-bond donors (Lipinski definition) is 2. The van der Waals surface area contributed by atoms with Gasteiger partial charge in [-0.25, -0.2) is 8.42 Å². The number of benzene rings is 2. The average molecular weight is 455 g/mol. The van der Waals surface area contributed by atoms with Crippen LogP contribution in [0.1, 0.15) is 28.8 Å². The SMILES string of the molecule is NC(=O)c1ccc(NC(=O)C2CCN(S(=O)(=O)c3ccccc3C(F)(F)F)CC2)cc1. The maximum Gasteiger partial charge on any atom is 0.417 e. The van der Waals surface area contributed by atoms with Crippen molar-refractivity contribution in [2.45, 2.75) is 23.9 Å². The Labute approximate surface area is 177 Å². The van der Waals surface area contributed by atoms with Crippen molar-refractivity contribution in [2.75, 3.05) is 18.4 Å². The normalized spacial score (nSPS) is 16.1. The van der Waals surface area contributed by atoms with Gasteiger partial charge < -0.3 is 11.1 Å². The molecule has 1 aliphatic heterocycles. The maximum atomic E-state index is 13.2. The Morgan fingerprint density at radius 2 is 1.58 bits per heavy atom. The Hall–Kier alpha value is -2.92. The number of alkyl halides is 3. The summed E-state index contributed by atoms with van der Waals surface area (Å²) in [5, 5.41) is 2.68. The monoisotopic (exact) mass is 455 g/mol. The van der Waals surface area contributed by atoms with Crippen LogP contribution in [0, 0.1) is 5.92 Å². The predicted octanol–water partition coefficient (Wildman–Crippen LogP) is 2.84. The van der Waals surface area contributed by atoms with Gasteiger partial charge in [0.05, 0.1) is 10.5 Å².